The summed E-state index contributed by atoms with van der Waals surface area (Å²) in [6.45, 7) is 0. The molecule has 1 unspecified atom stereocenters. The summed E-state index contributed by atoms with van der Waals surface area (Å²) < 4.78 is 23.5. The summed E-state index contributed by atoms with van der Waals surface area (Å²) in [4.78, 5) is 0. The van der Waals surface area contributed by atoms with Gasteiger partial charge in [0, 0.05) is 0 Å². The van der Waals surface area contributed by atoms with Crippen molar-refractivity contribution in [1.82, 2.24) is 9.59 Å². The second-order valence-electron chi connectivity index (χ2n) is 0.971. The molecule has 6 heteroatoms. The molecule has 0 saturated heterocycles. The molecule has 1 aromatic rings. The standard InChI is InChI=1S/C2H2N2O2S2/c5-8(6)2-1-3-4-7-2/h1H,(H,5,6)/p-1. The Labute approximate surface area is 52.0 Å². The zero-order chi connectivity index (χ0) is 5.98. The van der Waals surface area contributed by atoms with Crippen molar-refractivity contribution in [2.24, 2.45) is 0 Å². The van der Waals surface area contributed by atoms with Gasteiger partial charge in [0.15, 0.2) is 0 Å². The molecule has 0 aliphatic rings. The Morgan fingerprint density at radius 3 is 2.88 bits per heavy atom. The number of hydrogen-bond donors (Lipinski definition) is 0. The maximum absolute atomic E-state index is 9.99. The molecule has 4 nitrogen and oxygen atoms in total. The predicted octanol–water partition coefficient (Wildman–Crippen LogP) is -0.224. The lowest BCUT2D eigenvalue weighted by atomic mass is 11.0. The molecule has 0 amide bonds. The highest BCUT2D eigenvalue weighted by molar-refractivity contribution is 7.81. The van der Waals surface area contributed by atoms with Crippen molar-refractivity contribution < 1.29 is 8.76 Å². The highest BCUT2D eigenvalue weighted by Gasteiger charge is 1.91. The highest BCUT2D eigenvalue weighted by Crippen LogP contribution is 2.04. The van der Waals surface area contributed by atoms with Gasteiger partial charge in [-0.15, -0.1) is 5.10 Å². The predicted molar refractivity (Wildman–Crippen MR) is 27.1 cm³/mol. The van der Waals surface area contributed by atoms with E-state index < -0.39 is 11.1 Å². The fourth-order valence-electron chi connectivity index (χ4n) is 0.232. The summed E-state index contributed by atoms with van der Waals surface area (Å²) in [6, 6.07) is 0. The van der Waals surface area contributed by atoms with Gasteiger partial charge in [-0.2, -0.15) is 0 Å². The summed E-state index contributed by atoms with van der Waals surface area (Å²) in [5.74, 6) is 0. The molecule has 0 aliphatic carbocycles. The number of hydrogen-bond acceptors (Lipinski definition) is 5. The van der Waals surface area contributed by atoms with Crippen LogP contribution in [0.3, 0.4) is 0 Å². The van der Waals surface area contributed by atoms with Crippen molar-refractivity contribution in [3.05, 3.63) is 6.20 Å². The zero-order valence-corrected chi connectivity index (χ0v) is 5.24. The van der Waals surface area contributed by atoms with Crippen LogP contribution in [0.15, 0.2) is 10.4 Å². The Bertz CT molecular complexity index is 184. The topological polar surface area (TPSA) is 65.9 Å². The molecule has 0 aromatic carbocycles. The monoisotopic (exact) mass is 149 g/mol. The minimum absolute atomic E-state index is 0.171. The Morgan fingerprint density at radius 2 is 2.62 bits per heavy atom. The molecule has 0 spiro atoms. The molecule has 0 bridgehead atoms. The Hall–Kier alpha value is -0.330. The van der Waals surface area contributed by atoms with Crippen molar-refractivity contribution in [3.63, 3.8) is 0 Å². The van der Waals surface area contributed by atoms with Crippen LogP contribution in [0, 0.1) is 0 Å². The van der Waals surface area contributed by atoms with E-state index in [9.17, 15) is 8.76 Å². The van der Waals surface area contributed by atoms with E-state index in [1.54, 1.807) is 0 Å². The molecule has 0 aliphatic heterocycles. The van der Waals surface area contributed by atoms with Crippen molar-refractivity contribution in [2.45, 2.75) is 4.21 Å². The molecule has 1 atom stereocenters. The molecule has 1 aromatic heterocycles. The first kappa shape index (κ1) is 5.80. The number of nitrogens with zero attached hydrogens (tertiary/aromatic N) is 2. The molecule has 1 rings (SSSR count). The van der Waals surface area contributed by atoms with Crippen LogP contribution in [0.4, 0.5) is 0 Å². The van der Waals surface area contributed by atoms with Gasteiger partial charge in [-0.25, -0.2) is 0 Å². The van der Waals surface area contributed by atoms with Crippen LogP contribution < -0.4 is 0 Å². The Balaban J connectivity index is 2.93. The van der Waals surface area contributed by atoms with Crippen LogP contribution in [-0.2, 0) is 11.1 Å². The summed E-state index contributed by atoms with van der Waals surface area (Å²) >= 11 is -1.30. The molecule has 44 valence electrons. The molecule has 0 fully saturated rings. The van der Waals surface area contributed by atoms with Crippen LogP contribution in [-0.4, -0.2) is 18.3 Å². The van der Waals surface area contributed by atoms with Gasteiger partial charge < -0.3 is 4.55 Å². The van der Waals surface area contributed by atoms with Gasteiger partial charge in [-0.1, -0.05) is 4.49 Å². The van der Waals surface area contributed by atoms with E-state index in [-0.39, 0.29) is 4.21 Å². The van der Waals surface area contributed by atoms with Crippen molar-refractivity contribution in [3.8, 4) is 0 Å². The fourth-order valence-corrected chi connectivity index (χ4v) is 0.977. The molecular weight excluding hydrogens is 148 g/mol. The summed E-state index contributed by atoms with van der Waals surface area (Å²) in [5, 5.41) is 3.32. The molecule has 8 heavy (non-hydrogen) atoms. The minimum atomic E-state index is -2.15. The lowest BCUT2D eigenvalue weighted by Gasteiger charge is -1.94. The number of aromatic nitrogens is 2. The average molecular weight is 149 g/mol. The lowest BCUT2D eigenvalue weighted by Crippen LogP contribution is -1.80. The van der Waals surface area contributed by atoms with E-state index in [2.05, 4.69) is 9.59 Å². The summed E-state index contributed by atoms with van der Waals surface area (Å²) in [6.07, 6.45) is 1.20. The smallest absolute Gasteiger partial charge is 0.118 e. The molecule has 0 saturated carbocycles. The molecule has 0 radical (unpaired) electrons. The van der Waals surface area contributed by atoms with Gasteiger partial charge in [0.25, 0.3) is 0 Å². The Kier molecular flexibility index (Phi) is 1.66. The summed E-state index contributed by atoms with van der Waals surface area (Å²) in [7, 11) is 0. The van der Waals surface area contributed by atoms with Crippen LogP contribution in [0.25, 0.3) is 0 Å². The third-order valence-corrected chi connectivity index (χ3v) is 2.03. The van der Waals surface area contributed by atoms with Crippen molar-refractivity contribution >= 4 is 22.6 Å². The van der Waals surface area contributed by atoms with E-state index in [0.29, 0.717) is 0 Å². The van der Waals surface area contributed by atoms with Gasteiger partial charge in [0.1, 0.15) is 4.21 Å². The SMILES string of the molecule is O=S([O-])c1cnns1. The quantitative estimate of drug-likeness (QED) is 0.517. The first-order valence-electron chi connectivity index (χ1n) is 1.67. The van der Waals surface area contributed by atoms with Crippen LogP contribution in [0.1, 0.15) is 0 Å². The summed E-state index contributed by atoms with van der Waals surface area (Å²) in [5.41, 5.74) is 0. The average Bonchev–Trinajstić information content (AvgIpc) is 2.12. The third-order valence-electron chi connectivity index (χ3n) is 0.505. The highest BCUT2D eigenvalue weighted by atomic mass is 32.2. The van der Waals surface area contributed by atoms with Crippen molar-refractivity contribution in [1.29, 1.82) is 0 Å². The van der Waals surface area contributed by atoms with Gasteiger partial charge in [0.2, 0.25) is 0 Å². The van der Waals surface area contributed by atoms with E-state index in [1.165, 1.54) is 6.20 Å². The third kappa shape index (κ3) is 1.09. The van der Waals surface area contributed by atoms with E-state index in [0.717, 1.165) is 11.5 Å². The normalized spacial score (nSPS) is 13.6. The van der Waals surface area contributed by atoms with Gasteiger partial charge in [-0.05, 0) is 22.6 Å². The second-order valence-corrected chi connectivity index (χ2v) is 2.92. The van der Waals surface area contributed by atoms with E-state index in [4.69, 9.17) is 0 Å². The largest absolute Gasteiger partial charge is 0.768 e. The van der Waals surface area contributed by atoms with Crippen LogP contribution >= 0.6 is 11.5 Å². The molecule has 1 heterocycles. The Morgan fingerprint density at radius 1 is 1.88 bits per heavy atom. The van der Waals surface area contributed by atoms with E-state index in [1.807, 2.05) is 0 Å². The van der Waals surface area contributed by atoms with Crippen LogP contribution in [0.5, 0.6) is 0 Å². The number of rotatable bonds is 1. The maximum Gasteiger partial charge on any atom is 0.118 e. The van der Waals surface area contributed by atoms with Gasteiger partial charge in [0.05, 0.1) is 6.20 Å². The van der Waals surface area contributed by atoms with E-state index >= 15 is 0 Å². The minimum Gasteiger partial charge on any atom is -0.768 e. The van der Waals surface area contributed by atoms with Crippen LogP contribution in [0.2, 0.25) is 0 Å². The molecular formula is C2HN2O2S2-. The zero-order valence-electron chi connectivity index (χ0n) is 3.60. The lowest BCUT2D eigenvalue weighted by molar-refractivity contribution is 0.539. The first-order chi connectivity index (χ1) is 3.80. The van der Waals surface area contributed by atoms with Gasteiger partial charge in [-0.3, -0.25) is 4.21 Å². The van der Waals surface area contributed by atoms with Crippen molar-refractivity contribution in [2.75, 3.05) is 0 Å². The molecule has 0 N–H and O–H groups in total. The first-order valence-corrected chi connectivity index (χ1v) is 3.52. The fraction of sp³-hybridized carbons (Fsp3) is 0. The maximum atomic E-state index is 9.99. The van der Waals surface area contributed by atoms with Gasteiger partial charge >= 0.3 is 0 Å². The second kappa shape index (κ2) is 2.29.